The Morgan fingerprint density at radius 3 is 2.20 bits per heavy atom. The maximum atomic E-state index is 13.8. The number of hydrogen-bond acceptors (Lipinski definition) is 0. The molecule has 2 aromatic rings. The molecule has 0 aliphatic heterocycles. The fourth-order valence-corrected chi connectivity index (χ4v) is 3.28. The van der Waals surface area contributed by atoms with Crippen LogP contribution in [0.2, 0.25) is 0 Å². The zero-order chi connectivity index (χ0) is 14.5. The molecule has 0 heterocycles. The molecule has 0 aromatic heterocycles. The zero-order valence-corrected chi connectivity index (χ0v) is 15.5. The quantitative estimate of drug-likeness (QED) is 0.466. The molecule has 0 N–H and O–H groups in total. The summed E-state index contributed by atoms with van der Waals surface area (Å²) in [5, 5.41) is 0.856. The fraction of sp³-hybridized carbons (Fsp3) is 0.250. The minimum absolute atomic E-state index is 0.130. The van der Waals surface area contributed by atoms with Gasteiger partial charge in [-0.1, -0.05) is 59.9 Å². The molecule has 0 bridgehead atoms. The summed E-state index contributed by atoms with van der Waals surface area (Å²) in [5.74, 6) is 0.245. The van der Waals surface area contributed by atoms with Crippen molar-refractivity contribution in [3.05, 3.63) is 68.4 Å². The Kier molecular flexibility index (Phi) is 6.24. The third-order valence-electron chi connectivity index (χ3n) is 3.17. The predicted molar refractivity (Wildman–Crippen MR) is 92.9 cm³/mol. The molecule has 2 aromatic carbocycles. The van der Waals surface area contributed by atoms with Gasteiger partial charge in [0.1, 0.15) is 5.82 Å². The van der Waals surface area contributed by atoms with Gasteiger partial charge in [-0.05, 0) is 60.2 Å². The molecule has 1 unspecified atom stereocenters. The van der Waals surface area contributed by atoms with Gasteiger partial charge in [0.15, 0.2) is 0 Å². The second-order valence-electron chi connectivity index (χ2n) is 4.79. The van der Waals surface area contributed by atoms with Crippen LogP contribution >= 0.6 is 47.8 Å². The van der Waals surface area contributed by atoms with Crippen LogP contribution in [0.5, 0.6) is 0 Å². The molecule has 106 valence electrons. The van der Waals surface area contributed by atoms with Gasteiger partial charge in [-0.15, -0.1) is 0 Å². The summed E-state index contributed by atoms with van der Waals surface area (Å²) in [4.78, 5) is 0. The molecule has 4 heteroatoms. The molecule has 0 saturated carbocycles. The molecule has 0 nitrogen and oxygen atoms in total. The van der Waals surface area contributed by atoms with Gasteiger partial charge in [0.25, 0.3) is 0 Å². The lowest BCUT2D eigenvalue weighted by molar-refractivity contribution is 0.550. The van der Waals surface area contributed by atoms with E-state index in [1.807, 2.05) is 18.2 Å². The Morgan fingerprint density at radius 1 is 0.900 bits per heavy atom. The number of benzene rings is 2. The lowest BCUT2D eigenvalue weighted by Gasteiger charge is -2.15. The third-order valence-corrected chi connectivity index (χ3v) is 5.11. The number of hydrogen-bond donors (Lipinski definition) is 0. The van der Waals surface area contributed by atoms with Crippen molar-refractivity contribution in [2.45, 2.75) is 12.8 Å². The first-order valence-electron chi connectivity index (χ1n) is 6.33. The molecule has 1 atom stereocenters. The standard InChI is InChI=1S/C16H14Br3F/c17-10-12(7-11-1-3-14(18)4-2-11)8-13-9-15(19)5-6-16(13)20/h1-6,9,12H,7-8,10H2. The lowest BCUT2D eigenvalue weighted by Crippen LogP contribution is -2.11. The van der Waals surface area contributed by atoms with Crippen LogP contribution < -0.4 is 0 Å². The van der Waals surface area contributed by atoms with Gasteiger partial charge < -0.3 is 0 Å². The maximum absolute atomic E-state index is 13.8. The first-order valence-corrected chi connectivity index (χ1v) is 9.03. The summed E-state index contributed by atoms with van der Waals surface area (Å²) in [6.45, 7) is 0. The van der Waals surface area contributed by atoms with E-state index in [4.69, 9.17) is 0 Å². The van der Waals surface area contributed by atoms with Gasteiger partial charge >= 0.3 is 0 Å². The summed E-state index contributed by atoms with van der Waals surface area (Å²) >= 11 is 10.4. The van der Waals surface area contributed by atoms with E-state index >= 15 is 0 Å². The summed E-state index contributed by atoms with van der Waals surface area (Å²) in [6.07, 6.45) is 1.66. The van der Waals surface area contributed by atoms with E-state index < -0.39 is 0 Å². The minimum atomic E-state index is -0.130. The monoisotopic (exact) mass is 462 g/mol. The topological polar surface area (TPSA) is 0 Å². The van der Waals surface area contributed by atoms with Crippen LogP contribution in [0.1, 0.15) is 11.1 Å². The normalized spacial score (nSPS) is 12.4. The van der Waals surface area contributed by atoms with Gasteiger partial charge in [-0.2, -0.15) is 0 Å². The Hall–Kier alpha value is -0.190. The fourth-order valence-electron chi connectivity index (χ4n) is 2.15. The number of rotatable bonds is 5. The van der Waals surface area contributed by atoms with Gasteiger partial charge in [-0.25, -0.2) is 4.39 Å². The molecule has 0 spiro atoms. The highest BCUT2D eigenvalue weighted by molar-refractivity contribution is 9.10. The van der Waals surface area contributed by atoms with E-state index in [-0.39, 0.29) is 5.82 Å². The zero-order valence-electron chi connectivity index (χ0n) is 10.8. The highest BCUT2D eigenvalue weighted by Gasteiger charge is 2.13. The van der Waals surface area contributed by atoms with Crippen LogP contribution in [0.25, 0.3) is 0 Å². The van der Waals surface area contributed by atoms with Crippen molar-refractivity contribution < 1.29 is 4.39 Å². The average molecular weight is 465 g/mol. The molecular formula is C16H14Br3F. The van der Waals surface area contributed by atoms with Crippen molar-refractivity contribution in [1.29, 1.82) is 0 Å². The molecule has 0 radical (unpaired) electrons. The highest BCUT2D eigenvalue weighted by Crippen LogP contribution is 2.22. The summed E-state index contributed by atoms with van der Waals surface area (Å²) in [7, 11) is 0. The van der Waals surface area contributed by atoms with E-state index in [2.05, 4.69) is 59.9 Å². The molecular weight excluding hydrogens is 451 g/mol. The summed E-state index contributed by atoms with van der Waals surface area (Å²) in [5.41, 5.74) is 2.04. The highest BCUT2D eigenvalue weighted by atomic mass is 79.9. The van der Waals surface area contributed by atoms with Crippen LogP contribution in [0.3, 0.4) is 0 Å². The molecule has 20 heavy (non-hydrogen) atoms. The van der Waals surface area contributed by atoms with Gasteiger partial charge in [0.2, 0.25) is 0 Å². The Bertz CT molecular complexity index is 566. The van der Waals surface area contributed by atoms with E-state index in [0.29, 0.717) is 5.92 Å². The predicted octanol–water partition coefficient (Wildman–Crippen LogP) is 6.15. The van der Waals surface area contributed by atoms with Crippen molar-refractivity contribution in [2.24, 2.45) is 5.92 Å². The Morgan fingerprint density at radius 2 is 1.55 bits per heavy atom. The summed E-state index contributed by atoms with van der Waals surface area (Å²) in [6, 6.07) is 13.4. The molecule has 0 aliphatic rings. The Balaban J connectivity index is 2.08. The van der Waals surface area contributed by atoms with Crippen LogP contribution in [-0.4, -0.2) is 5.33 Å². The smallest absolute Gasteiger partial charge is 0.126 e. The Labute approximate surface area is 144 Å². The largest absolute Gasteiger partial charge is 0.207 e. The van der Waals surface area contributed by atoms with Gasteiger partial charge in [0, 0.05) is 14.3 Å². The first kappa shape index (κ1) is 16.2. The first-order chi connectivity index (χ1) is 9.58. The van der Waals surface area contributed by atoms with E-state index in [0.717, 1.165) is 32.7 Å². The summed E-state index contributed by atoms with van der Waals surface area (Å²) < 4.78 is 15.8. The van der Waals surface area contributed by atoms with Crippen molar-refractivity contribution in [3.63, 3.8) is 0 Å². The van der Waals surface area contributed by atoms with Crippen molar-refractivity contribution in [1.82, 2.24) is 0 Å². The third kappa shape index (κ3) is 4.68. The molecule has 2 rings (SSSR count). The van der Waals surface area contributed by atoms with Crippen molar-refractivity contribution in [3.8, 4) is 0 Å². The number of halogens is 4. The molecule has 0 saturated heterocycles. The van der Waals surface area contributed by atoms with Crippen molar-refractivity contribution in [2.75, 3.05) is 5.33 Å². The maximum Gasteiger partial charge on any atom is 0.126 e. The van der Waals surface area contributed by atoms with Crippen LogP contribution in [0, 0.1) is 11.7 Å². The van der Waals surface area contributed by atoms with Crippen LogP contribution in [-0.2, 0) is 12.8 Å². The molecule has 0 amide bonds. The minimum Gasteiger partial charge on any atom is -0.207 e. The molecule has 0 fully saturated rings. The number of alkyl halides is 1. The van der Waals surface area contributed by atoms with E-state index in [1.165, 1.54) is 11.6 Å². The van der Waals surface area contributed by atoms with Crippen LogP contribution in [0.4, 0.5) is 4.39 Å². The lowest BCUT2D eigenvalue weighted by atomic mass is 9.94. The van der Waals surface area contributed by atoms with Gasteiger partial charge in [0.05, 0.1) is 0 Å². The second-order valence-corrected chi connectivity index (χ2v) is 7.27. The van der Waals surface area contributed by atoms with Crippen LogP contribution in [0.15, 0.2) is 51.4 Å². The average Bonchev–Trinajstić information content (AvgIpc) is 2.44. The molecule has 0 aliphatic carbocycles. The van der Waals surface area contributed by atoms with Crippen molar-refractivity contribution >= 4 is 47.8 Å². The van der Waals surface area contributed by atoms with Gasteiger partial charge in [-0.3, -0.25) is 0 Å². The van der Waals surface area contributed by atoms with E-state index in [9.17, 15) is 4.39 Å². The second kappa shape index (κ2) is 7.71. The van der Waals surface area contributed by atoms with E-state index in [1.54, 1.807) is 6.07 Å². The SMILES string of the molecule is Fc1ccc(Br)cc1CC(CBr)Cc1ccc(Br)cc1.